The van der Waals surface area contributed by atoms with Crippen LogP contribution in [0.5, 0.6) is 5.75 Å². The van der Waals surface area contributed by atoms with Gasteiger partial charge >= 0.3 is 0 Å². The minimum atomic E-state index is 0.238. The first-order chi connectivity index (χ1) is 9.19. The molecule has 1 N–H and O–H groups in total. The average molecular weight is 261 g/mol. The lowest BCUT2D eigenvalue weighted by Crippen LogP contribution is -2.31. The summed E-state index contributed by atoms with van der Waals surface area (Å²) in [5, 5.41) is 3.71. The van der Waals surface area contributed by atoms with Crippen LogP contribution in [0.3, 0.4) is 0 Å². The van der Waals surface area contributed by atoms with Crippen LogP contribution in [0.25, 0.3) is 0 Å². The summed E-state index contributed by atoms with van der Waals surface area (Å²) in [5.74, 6) is 1.79. The smallest absolute Gasteiger partial charge is 0.119 e. The van der Waals surface area contributed by atoms with Crippen molar-refractivity contribution in [1.29, 1.82) is 0 Å². The number of hydrogen-bond acceptors (Lipinski definition) is 2. The Balaban J connectivity index is 1.94. The van der Waals surface area contributed by atoms with E-state index in [9.17, 15) is 0 Å². The molecule has 1 aliphatic carbocycles. The maximum absolute atomic E-state index is 5.67. The predicted molar refractivity (Wildman–Crippen MR) is 81.9 cm³/mol. The first-order valence-corrected chi connectivity index (χ1v) is 7.72. The molecule has 0 saturated heterocycles. The van der Waals surface area contributed by atoms with Crippen molar-refractivity contribution in [2.75, 3.05) is 5.32 Å². The van der Waals surface area contributed by atoms with E-state index in [-0.39, 0.29) is 6.10 Å². The molecule has 0 aromatic heterocycles. The molecule has 0 aliphatic heterocycles. The monoisotopic (exact) mass is 261 g/mol. The fourth-order valence-electron chi connectivity index (χ4n) is 3.00. The predicted octanol–water partition coefficient (Wildman–Crippen LogP) is 4.85. The molecule has 1 aromatic carbocycles. The minimum absolute atomic E-state index is 0.238. The molecule has 1 aromatic rings. The minimum Gasteiger partial charge on any atom is -0.491 e. The van der Waals surface area contributed by atoms with Gasteiger partial charge < -0.3 is 10.1 Å². The van der Waals surface area contributed by atoms with Gasteiger partial charge in [0.15, 0.2) is 0 Å². The summed E-state index contributed by atoms with van der Waals surface area (Å²) in [6.07, 6.45) is 6.97. The van der Waals surface area contributed by atoms with E-state index in [0.29, 0.717) is 6.04 Å². The molecule has 2 nitrogen and oxygen atoms in total. The number of hydrogen-bond donors (Lipinski definition) is 1. The normalized spacial score (nSPS) is 23.4. The van der Waals surface area contributed by atoms with Crippen molar-refractivity contribution in [3.63, 3.8) is 0 Å². The lowest BCUT2D eigenvalue weighted by molar-refractivity contribution is 0.242. The van der Waals surface area contributed by atoms with Crippen LogP contribution in [-0.2, 0) is 0 Å². The molecule has 2 rings (SSSR count). The van der Waals surface area contributed by atoms with Gasteiger partial charge in [0.1, 0.15) is 5.75 Å². The number of ether oxygens (including phenoxy) is 1. The zero-order valence-electron chi connectivity index (χ0n) is 12.5. The summed E-state index contributed by atoms with van der Waals surface area (Å²) >= 11 is 0. The lowest BCUT2D eigenvalue weighted by atomic mass is 9.83. The molecule has 0 amide bonds. The number of rotatable bonds is 5. The second kappa shape index (κ2) is 6.83. The van der Waals surface area contributed by atoms with Crippen LogP contribution in [0.4, 0.5) is 5.69 Å². The van der Waals surface area contributed by atoms with Crippen LogP contribution in [0.15, 0.2) is 24.3 Å². The van der Waals surface area contributed by atoms with E-state index >= 15 is 0 Å². The Kier molecular flexibility index (Phi) is 5.12. The van der Waals surface area contributed by atoms with Gasteiger partial charge in [-0.05, 0) is 56.9 Å². The van der Waals surface area contributed by atoms with Gasteiger partial charge in [0.2, 0.25) is 0 Å². The van der Waals surface area contributed by atoms with Crippen molar-refractivity contribution in [2.24, 2.45) is 5.92 Å². The Morgan fingerprint density at radius 3 is 2.47 bits per heavy atom. The highest BCUT2D eigenvalue weighted by atomic mass is 16.5. The summed E-state index contributed by atoms with van der Waals surface area (Å²) in [7, 11) is 0. The molecule has 0 spiro atoms. The Morgan fingerprint density at radius 1 is 1.16 bits per heavy atom. The van der Waals surface area contributed by atoms with Crippen LogP contribution in [0, 0.1) is 5.92 Å². The van der Waals surface area contributed by atoms with E-state index < -0.39 is 0 Å². The topological polar surface area (TPSA) is 21.3 Å². The molecule has 2 unspecified atom stereocenters. The molecular formula is C17H27NO. The highest BCUT2D eigenvalue weighted by Gasteiger charge is 2.23. The fraction of sp³-hybridized carbons (Fsp3) is 0.647. The molecule has 2 heteroatoms. The molecule has 0 bridgehead atoms. The van der Waals surface area contributed by atoms with Crippen molar-refractivity contribution in [3.8, 4) is 5.75 Å². The first kappa shape index (κ1) is 14.2. The zero-order valence-corrected chi connectivity index (χ0v) is 12.5. The molecule has 0 heterocycles. The maximum atomic E-state index is 5.67. The summed E-state index contributed by atoms with van der Waals surface area (Å²) < 4.78 is 5.67. The van der Waals surface area contributed by atoms with Gasteiger partial charge in [-0.2, -0.15) is 0 Å². The van der Waals surface area contributed by atoms with Crippen molar-refractivity contribution in [1.82, 2.24) is 0 Å². The van der Waals surface area contributed by atoms with Crippen molar-refractivity contribution < 1.29 is 4.74 Å². The first-order valence-electron chi connectivity index (χ1n) is 7.72. The standard InChI is InChI=1S/C17H27NO/c1-4-14-7-5-6-8-17(14)18-15-9-11-16(12-10-15)19-13(2)3/h9-14,17-18H,4-8H2,1-3H3. The molecule has 106 valence electrons. The van der Waals surface area contributed by atoms with Crippen molar-refractivity contribution in [3.05, 3.63) is 24.3 Å². The summed E-state index contributed by atoms with van der Waals surface area (Å²) in [4.78, 5) is 0. The van der Waals surface area contributed by atoms with Crippen LogP contribution < -0.4 is 10.1 Å². The second-order valence-corrected chi connectivity index (χ2v) is 5.89. The molecule has 1 fully saturated rings. The van der Waals surface area contributed by atoms with Gasteiger partial charge in [-0.15, -0.1) is 0 Å². The fourth-order valence-corrected chi connectivity index (χ4v) is 3.00. The van der Waals surface area contributed by atoms with E-state index in [4.69, 9.17) is 4.74 Å². The quantitative estimate of drug-likeness (QED) is 0.817. The van der Waals surface area contributed by atoms with E-state index in [1.165, 1.54) is 37.8 Å². The van der Waals surface area contributed by atoms with Gasteiger partial charge in [-0.1, -0.05) is 26.2 Å². The second-order valence-electron chi connectivity index (χ2n) is 5.89. The highest BCUT2D eigenvalue weighted by molar-refractivity contribution is 5.47. The van der Waals surface area contributed by atoms with Crippen LogP contribution >= 0.6 is 0 Å². The molecule has 1 saturated carbocycles. The third kappa shape index (κ3) is 4.15. The van der Waals surface area contributed by atoms with Crippen LogP contribution in [0.1, 0.15) is 52.9 Å². The summed E-state index contributed by atoms with van der Waals surface area (Å²) in [6, 6.07) is 9.05. The Bertz CT molecular complexity index is 371. The van der Waals surface area contributed by atoms with E-state index in [2.05, 4.69) is 50.4 Å². The van der Waals surface area contributed by atoms with Crippen molar-refractivity contribution in [2.45, 2.75) is 65.0 Å². The van der Waals surface area contributed by atoms with Crippen molar-refractivity contribution >= 4 is 5.69 Å². The number of anilines is 1. The maximum Gasteiger partial charge on any atom is 0.119 e. The lowest BCUT2D eigenvalue weighted by Gasteiger charge is -2.32. The third-order valence-electron chi connectivity index (χ3n) is 4.01. The highest BCUT2D eigenvalue weighted by Crippen LogP contribution is 2.29. The summed E-state index contributed by atoms with van der Waals surface area (Å²) in [6.45, 7) is 6.42. The largest absolute Gasteiger partial charge is 0.491 e. The van der Waals surface area contributed by atoms with E-state index in [1.54, 1.807) is 0 Å². The van der Waals surface area contributed by atoms with E-state index in [0.717, 1.165) is 11.7 Å². The zero-order chi connectivity index (χ0) is 13.7. The van der Waals surface area contributed by atoms with Gasteiger partial charge in [-0.3, -0.25) is 0 Å². The Hall–Kier alpha value is -1.18. The van der Waals surface area contributed by atoms with Crippen LogP contribution in [0.2, 0.25) is 0 Å². The SMILES string of the molecule is CCC1CCCCC1Nc1ccc(OC(C)C)cc1. The van der Waals surface area contributed by atoms with Gasteiger partial charge in [0.05, 0.1) is 6.10 Å². The van der Waals surface area contributed by atoms with E-state index in [1.807, 2.05) is 0 Å². The molecule has 0 radical (unpaired) electrons. The Labute approximate surface area is 117 Å². The number of benzene rings is 1. The molecule has 2 atom stereocenters. The summed E-state index contributed by atoms with van der Waals surface area (Å²) in [5.41, 5.74) is 1.22. The molecule has 1 aliphatic rings. The average Bonchev–Trinajstić information content (AvgIpc) is 2.41. The van der Waals surface area contributed by atoms with Crippen LogP contribution in [-0.4, -0.2) is 12.1 Å². The Morgan fingerprint density at radius 2 is 1.84 bits per heavy atom. The third-order valence-corrected chi connectivity index (χ3v) is 4.01. The molecular weight excluding hydrogens is 234 g/mol. The van der Waals surface area contributed by atoms with Gasteiger partial charge in [0, 0.05) is 11.7 Å². The van der Waals surface area contributed by atoms with Gasteiger partial charge in [0.25, 0.3) is 0 Å². The molecule has 19 heavy (non-hydrogen) atoms. The van der Waals surface area contributed by atoms with Gasteiger partial charge in [-0.25, -0.2) is 0 Å². The number of nitrogens with one attached hydrogen (secondary N) is 1.